The topological polar surface area (TPSA) is 198 Å². The molecule has 0 unspecified atom stereocenters. The van der Waals surface area contributed by atoms with Crippen molar-refractivity contribution in [1.29, 1.82) is 0 Å². The second-order valence-electron chi connectivity index (χ2n) is 11.8. The summed E-state index contributed by atoms with van der Waals surface area (Å²) in [6.07, 6.45) is 7.08. The second-order valence-corrected chi connectivity index (χ2v) is 15.9. The van der Waals surface area contributed by atoms with Crippen LogP contribution in [0.4, 0.5) is 5.69 Å². The van der Waals surface area contributed by atoms with Crippen LogP contribution < -0.4 is 64.0 Å². The number of nitrogens with zero attached hydrogens (tertiary/aromatic N) is 2. The molecule has 1 N–H and O–H groups in total. The predicted octanol–water partition coefficient (Wildman–Crippen LogP) is -1.26. The van der Waals surface area contributed by atoms with Gasteiger partial charge in [-0.3, -0.25) is 0 Å². The summed E-state index contributed by atoms with van der Waals surface area (Å²) in [6, 6.07) is 22.2. The number of benzene rings is 4. The quantitative estimate of drug-likeness (QED) is 0.102. The molecule has 12 nitrogen and oxygen atoms in total. The first kappa shape index (κ1) is 45.5. The average molecular weight is 809 g/mol. The van der Waals surface area contributed by atoms with E-state index in [0.29, 0.717) is 46.6 Å². The Kier molecular flexibility index (Phi) is 15.9. The molecule has 272 valence electrons. The molecular formula is C37H34N2Na2O10S3. The van der Waals surface area contributed by atoms with Gasteiger partial charge in [0.2, 0.25) is 0 Å². The van der Waals surface area contributed by atoms with Gasteiger partial charge in [-0.25, -0.2) is 29.8 Å². The van der Waals surface area contributed by atoms with Crippen molar-refractivity contribution in [3.63, 3.8) is 0 Å². The number of allylic oxidation sites excluding steroid dienone is 5. The van der Waals surface area contributed by atoms with Gasteiger partial charge in [0.25, 0.3) is 0 Å². The molecule has 0 atom stereocenters. The number of anilines is 1. The van der Waals surface area contributed by atoms with Crippen LogP contribution in [0.3, 0.4) is 0 Å². The Morgan fingerprint density at radius 3 is 1.81 bits per heavy atom. The molecule has 0 aliphatic heterocycles. The number of phenols is 1. The van der Waals surface area contributed by atoms with Crippen molar-refractivity contribution in [2.45, 2.75) is 41.6 Å². The van der Waals surface area contributed by atoms with E-state index in [1.807, 2.05) is 29.4 Å². The third-order valence-electron chi connectivity index (χ3n) is 8.41. The molecular weight excluding hydrogens is 775 g/mol. The van der Waals surface area contributed by atoms with Crippen LogP contribution in [0.25, 0.3) is 5.57 Å². The van der Waals surface area contributed by atoms with Gasteiger partial charge in [-0.15, -0.1) is 0 Å². The molecule has 0 heterocycles. The number of hydrogen-bond donors (Lipinski definition) is 1. The molecule has 0 saturated carbocycles. The van der Waals surface area contributed by atoms with Crippen LogP contribution in [0.1, 0.15) is 36.1 Å². The molecule has 0 bridgehead atoms. The van der Waals surface area contributed by atoms with Crippen LogP contribution in [0, 0.1) is 0 Å². The van der Waals surface area contributed by atoms with Gasteiger partial charge in [-0.05, 0) is 103 Å². The summed E-state index contributed by atoms with van der Waals surface area (Å²) in [5.74, 6) is -0.409. The molecule has 0 radical (unpaired) electrons. The Bertz CT molecular complexity index is 2480. The van der Waals surface area contributed by atoms with Gasteiger partial charge in [0.15, 0.2) is 12.3 Å². The fraction of sp³-hybridized carbons (Fsp3) is 0.162. The molecule has 4 aromatic carbocycles. The molecule has 0 saturated heterocycles. The molecule has 0 fully saturated rings. The van der Waals surface area contributed by atoms with E-state index in [2.05, 4.69) is 0 Å². The van der Waals surface area contributed by atoms with Crippen molar-refractivity contribution >= 4 is 47.3 Å². The van der Waals surface area contributed by atoms with Gasteiger partial charge < -0.3 is 23.7 Å². The summed E-state index contributed by atoms with van der Waals surface area (Å²) in [7, 11) is -14.4. The van der Waals surface area contributed by atoms with Crippen molar-refractivity contribution in [2.24, 2.45) is 0 Å². The Morgan fingerprint density at radius 2 is 1.26 bits per heavy atom. The fourth-order valence-corrected chi connectivity index (χ4v) is 7.70. The molecule has 4 aromatic rings. The number of hydrogen-bond acceptors (Lipinski definition) is 11. The van der Waals surface area contributed by atoms with Crippen LogP contribution >= 0.6 is 0 Å². The van der Waals surface area contributed by atoms with E-state index >= 15 is 0 Å². The minimum Gasteiger partial charge on any atom is -0.744 e. The molecule has 5 rings (SSSR count). The van der Waals surface area contributed by atoms with Gasteiger partial charge in [0, 0.05) is 42.1 Å². The Morgan fingerprint density at radius 1 is 0.685 bits per heavy atom. The van der Waals surface area contributed by atoms with E-state index in [1.165, 1.54) is 48.5 Å². The van der Waals surface area contributed by atoms with Crippen molar-refractivity contribution in [2.75, 3.05) is 18.0 Å². The van der Waals surface area contributed by atoms with E-state index in [0.717, 1.165) is 11.8 Å². The number of rotatable bonds is 12. The van der Waals surface area contributed by atoms with Crippen molar-refractivity contribution in [1.82, 2.24) is 0 Å². The summed E-state index contributed by atoms with van der Waals surface area (Å²) in [5, 5.41) is 10.2. The van der Waals surface area contributed by atoms with Crippen LogP contribution in [-0.4, -0.2) is 67.4 Å². The van der Waals surface area contributed by atoms with E-state index in [9.17, 15) is 44.0 Å². The molecule has 0 spiro atoms. The first-order valence-electron chi connectivity index (χ1n) is 15.9. The summed E-state index contributed by atoms with van der Waals surface area (Å²) in [4.78, 5) is 0.623. The Labute approximate surface area is 360 Å². The van der Waals surface area contributed by atoms with Gasteiger partial charge in [-0.2, -0.15) is 0 Å². The van der Waals surface area contributed by atoms with E-state index in [4.69, 9.17) is 0 Å². The first-order chi connectivity index (χ1) is 24.5. The number of aromatic hydroxyl groups is 1. The Hall–Kier alpha value is -2.90. The molecule has 1 aliphatic carbocycles. The molecule has 54 heavy (non-hydrogen) atoms. The zero-order valence-corrected chi connectivity index (χ0v) is 36.5. The van der Waals surface area contributed by atoms with Gasteiger partial charge in [0.05, 0.1) is 14.7 Å². The predicted molar refractivity (Wildman–Crippen MR) is 192 cm³/mol. The van der Waals surface area contributed by atoms with E-state index in [-0.39, 0.29) is 87.6 Å². The summed E-state index contributed by atoms with van der Waals surface area (Å²) in [6.45, 7) is 5.30. The zero-order valence-electron chi connectivity index (χ0n) is 30.0. The zero-order chi connectivity index (χ0) is 37.8. The molecule has 17 heteroatoms. The monoisotopic (exact) mass is 808 g/mol. The number of phenolic OH excluding ortho intramolecular Hbond substituents is 1. The molecule has 0 amide bonds. The standard InChI is InChI=1S/C37H36N2O10S3.2Na/c1-3-38(24-26-8-5-12-33(20-26)50(41,42)43)30-16-14-28(15-17-30)37(35-19-18-32(40)23-36(35)52(47,48)49)29-10-7-11-31(22-29)39(4-2)25-27-9-6-13-34(21-27)51(44,45)46;;/h5-23H,3-4,24-25H2,1-2H3,(H3,41,42,43,44,45,46,47,48,49);;/q;2*+1/p-2. The fourth-order valence-electron chi connectivity index (χ4n) is 5.91. The largest absolute Gasteiger partial charge is 1.00 e. The average Bonchev–Trinajstić information content (AvgIpc) is 3.10. The van der Waals surface area contributed by atoms with Crippen LogP contribution in [0.2, 0.25) is 0 Å². The summed E-state index contributed by atoms with van der Waals surface area (Å²) in [5.41, 5.74) is 4.06. The van der Waals surface area contributed by atoms with Gasteiger partial charge >= 0.3 is 59.1 Å². The van der Waals surface area contributed by atoms with Gasteiger partial charge in [-0.1, -0.05) is 36.4 Å². The molecule has 0 aromatic heterocycles. The van der Waals surface area contributed by atoms with Crippen molar-refractivity contribution in [3.8, 4) is 5.75 Å². The maximum Gasteiger partial charge on any atom is 1.00 e. The van der Waals surface area contributed by atoms with Crippen LogP contribution in [-0.2, 0) is 43.4 Å². The third kappa shape index (κ3) is 11.3. The Balaban J connectivity index is 0.00000392. The summed E-state index contributed by atoms with van der Waals surface area (Å²) < 4.78 is 109. The maximum absolute atomic E-state index is 12.5. The van der Waals surface area contributed by atoms with Crippen molar-refractivity contribution in [3.05, 3.63) is 143 Å². The minimum absolute atomic E-state index is 0. The van der Waals surface area contributed by atoms with Crippen molar-refractivity contribution < 1.29 is 108 Å². The maximum atomic E-state index is 12.5. The van der Waals surface area contributed by atoms with Crippen LogP contribution in [0.15, 0.2) is 136 Å². The van der Waals surface area contributed by atoms with Crippen LogP contribution in [0.5, 0.6) is 5.75 Å². The summed E-state index contributed by atoms with van der Waals surface area (Å²) >= 11 is 0. The van der Waals surface area contributed by atoms with Gasteiger partial charge in [0.1, 0.15) is 42.6 Å². The van der Waals surface area contributed by atoms with E-state index < -0.39 is 41.0 Å². The minimum atomic E-state index is -5.07. The third-order valence-corrected chi connectivity index (χ3v) is 10.9. The molecule has 1 aliphatic rings. The normalized spacial score (nSPS) is 12.8. The SMILES string of the molecule is CCN(Cc1cccc(S(=O)(=O)[O-])c1)c1cccc(C(=C2C=CC(=[N+](CC)Cc3cccc(S(=O)(=O)[O-])c3)C=C2)c2ccc(O)cc2S(=O)(=O)[O-])c1.[Na+].[Na+]. The second kappa shape index (κ2) is 18.8. The van der Waals surface area contributed by atoms with E-state index in [1.54, 1.807) is 54.6 Å². The smallest absolute Gasteiger partial charge is 0.744 e. The first-order valence-corrected chi connectivity index (χ1v) is 20.2.